The monoisotopic (exact) mass is 293 g/mol. The Hall–Kier alpha value is -0.450. The molecule has 2 unspecified atom stereocenters. The first kappa shape index (κ1) is 14.5. The minimum atomic E-state index is 0.330. The van der Waals surface area contributed by atoms with Gasteiger partial charge in [-0.1, -0.05) is 13.8 Å². The summed E-state index contributed by atoms with van der Waals surface area (Å²) in [5, 5.41) is 5.12. The van der Waals surface area contributed by atoms with Gasteiger partial charge in [-0.05, 0) is 38.5 Å². The molecular formula is C16H27N3S. The van der Waals surface area contributed by atoms with E-state index in [0.29, 0.717) is 11.6 Å². The van der Waals surface area contributed by atoms with Crippen molar-refractivity contribution < 1.29 is 0 Å². The van der Waals surface area contributed by atoms with Gasteiger partial charge in [-0.15, -0.1) is 11.3 Å². The van der Waals surface area contributed by atoms with Gasteiger partial charge in [-0.3, -0.25) is 4.90 Å². The largest absolute Gasteiger partial charge is 0.308 e. The van der Waals surface area contributed by atoms with E-state index in [1.165, 1.54) is 35.7 Å². The second-order valence-corrected chi connectivity index (χ2v) is 7.81. The lowest BCUT2D eigenvalue weighted by Crippen LogP contribution is -2.63. The number of nitrogens with one attached hydrogen (secondary N) is 1. The second-order valence-electron chi connectivity index (χ2n) is 6.61. The summed E-state index contributed by atoms with van der Waals surface area (Å²) < 4.78 is 0. The Kier molecular flexibility index (Phi) is 4.16. The van der Waals surface area contributed by atoms with E-state index >= 15 is 0 Å². The summed E-state index contributed by atoms with van der Waals surface area (Å²) in [7, 11) is 0. The van der Waals surface area contributed by atoms with Gasteiger partial charge in [0.15, 0.2) is 0 Å². The summed E-state index contributed by atoms with van der Waals surface area (Å²) in [6.45, 7) is 10.3. The minimum Gasteiger partial charge on any atom is -0.308 e. The van der Waals surface area contributed by atoms with E-state index in [4.69, 9.17) is 0 Å². The van der Waals surface area contributed by atoms with E-state index in [-0.39, 0.29) is 0 Å². The lowest BCUT2D eigenvalue weighted by Gasteiger charge is -2.46. The van der Waals surface area contributed by atoms with Crippen LogP contribution in [0.4, 0.5) is 0 Å². The van der Waals surface area contributed by atoms with Gasteiger partial charge >= 0.3 is 0 Å². The zero-order valence-corrected chi connectivity index (χ0v) is 13.8. The Balaban J connectivity index is 1.70. The Labute approximate surface area is 126 Å². The number of aryl methyl sites for hydroxylation is 1. The molecule has 1 aliphatic carbocycles. The molecule has 2 fully saturated rings. The van der Waals surface area contributed by atoms with Gasteiger partial charge in [-0.25, -0.2) is 4.98 Å². The Morgan fingerprint density at radius 1 is 1.45 bits per heavy atom. The smallest absolute Gasteiger partial charge is 0.107 e. The van der Waals surface area contributed by atoms with Gasteiger partial charge in [0.05, 0.1) is 6.54 Å². The fourth-order valence-corrected chi connectivity index (χ4v) is 4.31. The van der Waals surface area contributed by atoms with Crippen LogP contribution in [0.3, 0.4) is 0 Å². The predicted molar refractivity (Wildman–Crippen MR) is 85.1 cm³/mol. The molecule has 0 bridgehead atoms. The van der Waals surface area contributed by atoms with Crippen LogP contribution in [0.5, 0.6) is 0 Å². The van der Waals surface area contributed by atoms with Crippen LogP contribution in [0.15, 0.2) is 6.20 Å². The number of nitrogens with zero attached hydrogens (tertiary/aromatic N) is 2. The van der Waals surface area contributed by atoms with Crippen LogP contribution >= 0.6 is 11.3 Å². The van der Waals surface area contributed by atoms with Crippen LogP contribution in [0.2, 0.25) is 0 Å². The molecule has 112 valence electrons. The molecule has 0 amide bonds. The molecule has 1 saturated carbocycles. The zero-order chi connectivity index (χ0) is 14.2. The quantitative estimate of drug-likeness (QED) is 0.904. The third-order valence-electron chi connectivity index (χ3n) is 5.03. The van der Waals surface area contributed by atoms with Crippen molar-refractivity contribution in [3.8, 4) is 0 Å². The van der Waals surface area contributed by atoms with E-state index in [1.54, 1.807) is 0 Å². The number of thiazole rings is 1. The summed E-state index contributed by atoms with van der Waals surface area (Å²) in [6, 6.07) is 0.663. The highest BCUT2D eigenvalue weighted by Crippen LogP contribution is 2.41. The third-order valence-corrected chi connectivity index (χ3v) is 6.15. The molecule has 3 rings (SSSR count). The summed E-state index contributed by atoms with van der Waals surface area (Å²) >= 11 is 1.89. The molecule has 4 heteroatoms. The van der Waals surface area contributed by atoms with Crippen molar-refractivity contribution in [1.29, 1.82) is 0 Å². The van der Waals surface area contributed by atoms with Crippen LogP contribution in [-0.2, 0) is 13.0 Å². The molecule has 0 spiro atoms. The van der Waals surface area contributed by atoms with Crippen LogP contribution in [0.1, 0.15) is 49.9 Å². The van der Waals surface area contributed by atoms with Crippen molar-refractivity contribution in [3.05, 3.63) is 16.1 Å². The van der Waals surface area contributed by atoms with Gasteiger partial charge in [0.25, 0.3) is 0 Å². The molecule has 1 N–H and O–H groups in total. The SMILES string of the molecule is CCc1cnc(CN2CC(C)(C3CC3)NCC2CC)s1. The molecule has 2 aliphatic rings. The normalized spacial score (nSPS) is 31.6. The molecular weight excluding hydrogens is 266 g/mol. The van der Waals surface area contributed by atoms with Crippen LogP contribution in [0.25, 0.3) is 0 Å². The maximum atomic E-state index is 4.61. The Bertz CT molecular complexity index is 454. The van der Waals surface area contributed by atoms with Gasteiger partial charge < -0.3 is 5.32 Å². The maximum absolute atomic E-state index is 4.61. The minimum absolute atomic E-state index is 0.330. The molecule has 1 aromatic rings. The molecule has 1 aliphatic heterocycles. The first-order valence-electron chi connectivity index (χ1n) is 8.07. The molecule has 20 heavy (non-hydrogen) atoms. The maximum Gasteiger partial charge on any atom is 0.107 e. The molecule has 2 heterocycles. The Morgan fingerprint density at radius 3 is 2.85 bits per heavy atom. The van der Waals surface area contributed by atoms with Crippen LogP contribution in [0, 0.1) is 5.92 Å². The summed E-state index contributed by atoms with van der Waals surface area (Å²) in [5.74, 6) is 0.894. The van der Waals surface area contributed by atoms with Crippen molar-refractivity contribution in [2.75, 3.05) is 13.1 Å². The number of hydrogen-bond donors (Lipinski definition) is 1. The highest BCUT2D eigenvalue weighted by Gasteiger charge is 2.45. The average molecular weight is 293 g/mol. The van der Waals surface area contributed by atoms with Crippen LogP contribution in [-0.4, -0.2) is 34.6 Å². The molecule has 0 radical (unpaired) electrons. The lowest BCUT2D eigenvalue weighted by molar-refractivity contribution is 0.0665. The van der Waals surface area contributed by atoms with E-state index in [9.17, 15) is 0 Å². The first-order chi connectivity index (χ1) is 9.64. The highest BCUT2D eigenvalue weighted by atomic mass is 32.1. The van der Waals surface area contributed by atoms with E-state index in [0.717, 1.165) is 25.4 Å². The fraction of sp³-hybridized carbons (Fsp3) is 0.812. The summed E-state index contributed by atoms with van der Waals surface area (Å²) in [5.41, 5.74) is 0.330. The molecule has 1 saturated heterocycles. The van der Waals surface area contributed by atoms with Crippen molar-refractivity contribution in [1.82, 2.24) is 15.2 Å². The number of aromatic nitrogens is 1. The first-order valence-corrected chi connectivity index (χ1v) is 8.89. The van der Waals surface area contributed by atoms with Gasteiger partial charge in [0.1, 0.15) is 5.01 Å². The van der Waals surface area contributed by atoms with Crippen molar-refractivity contribution in [3.63, 3.8) is 0 Å². The van der Waals surface area contributed by atoms with E-state index in [1.807, 2.05) is 11.3 Å². The number of hydrogen-bond acceptors (Lipinski definition) is 4. The third kappa shape index (κ3) is 2.92. The molecule has 1 aromatic heterocycles. The zero-order valence-electron chi connectivity index (χ0n) is 13.0. The average Bonchev–Trinajstić information content (AvgIpc) is 3.21. The fourth-order valence-electron chi connectivity index (χ4n) is 3.43. The standard InChI is InChI=1S/C16H27N3S/c1-4-13-8-18-16(3,12-6-7-12)11-19(13)10-15-17-9-14(5-2)20-15/h9,12-13,18H,4-8,10-11H2,1-3H3. The van der Waals surface area contributed by atoms with Crippen molar-refractivity contribution in [2.24, 2.45) is 5.92 Å². The summed E-state index contributed by atoms with van der Waals surface area (Å²) in [6.07, 6.45) is 7.20. The van der Waals surface area contributed by atoms with Crippen LogP contribution < -0.4 is 5.32 Å². The predicted octanol–water partition coefficient (Wildman–Crippen LogP) is 3.06. The van der Waals surface area contributed by atoms with Gasteiger partial charge in [0.2, 0.25) is 0 Å². The number of piperazine rings is 1. The molecule has 3 nitrogen and oxygen atoms in total. The van der Waals surface area contributed by atoms with Crippen molar-refractivity contribution >= 4 is 11.3 Å². The van der Waals surface area contributed by atoms with Gasteiger partial charge in [-0.2, -0.15) is 0 Å². The summed E-state index contributed by atoms with van der Waals surface area (Å²) in [4.78, 5) is 8.70. The molecule has 0 aromatic carbocycles. The molecule has 2 atom stereocenters. The lowest BCUT2D eigenvalue weighted by atomic mass is 9.90. The highest BCUT2D eigenvalue weighted by molar-refractivity contribution is 7.11. The van der Waals surface area contributed by atoms with E-state index < -0.39 is 0 Å². The Morgan fingerprint density at radius 2 is 2.25 bits per heavy atom. The van der Waals surface area contributed by atoms with E-state index in [2.05, 4.69) is 42.2 Å². The van der Waals surface area contributed by atoms with Gasteiger partial charge in [0, 0.05) is 35.7 Å². The number of rotatable bonds is 5. The van der Waals surface area contributed by atoms with Crippen molar-refractivity contribution in [2.45, 2.75) is 64.6 Å². The topological polar surface area (TPSA) is 28.2 Å². The second kappa shape index (κ2) is 5.74.